The van der Waals surface area contributed by atoms with Crippen molar-refractivity contribution in [3.05, 3.63) is 47.3 Å². The maximum atomic E-state index is 6.15. The monoisotopic (exact) mass is 273 g/mol. The second kappa shape index (κ2) is 6.17. The van der Waals surface area contributed by atoms with Crippen molar-refractivity contribution < 1.29 is 0 Å². The number of nitrogens with zero attached hydrogens (tertiary/aromatic N) is 2. The predicted molar refractivity (Wildman–Crippen MR) is 79.3 cm³/mol. The smallest absolute Gasteiger partial charge is 0.192 e. The molecule has 0 aliphatic carbocycles. The molecule has 0 bridgehead atoms. The number of hydrogen-bond acceptors (Lipinski definition) is 4. The maximum Gasteiger partial charge on any atom is 0.192 e. The molecule has 2 N–H and O–H groups in total. The Kier molecular flexibility index (Phi) is 4.56. The normalized spacial score (nSPS) is 12.4. The van der Waals surface area contributed by atoms with E-state index in [1.54, 1.807) is 11.8 Å². The summed E-state index contributed by atoms with van der Waals surface area (Å²) in [5.74, 6) is 0. The van der Waals surface area contributed by atoms with E-state index in [9.17, 15) is 0 Å². The summed E-state index contributed by atoms with van der Waals surface area (Å²) in [5, 5.41) is 0.785. The fraction of sp³-hybridized carbons (Fsp3) is 0.333. The SMILES string of the molecule is CC[C@@H](N)c1ccccc1Sc1nc(C)cc(C)n1. The molecule has 1 atom stereocenters. The average Bonchev–Trinajstić information content (AvgIpc) is 2.37. The third kappa shape index (κ3) is 3.55. The van der Waals surface area contributed by atoms with Crippen LogP contribution in [0.5, 0.6) is 0 Å². The quantitative estimate of drug-likeness (QED) is 0.864. The minimum atomic E-state index is 0.0645. The zero-order valence-corrected chi connectivity index (χ0v) is 12.4. The average molecular weight is 273 g/mol. The van der Waals surface area contributed by atoms with Crippen molar-refractivity contribution in [2.75, 3.05) is 0 Å². The van der Waals surface area contributed by atoms with E-state index in [-0.39, 0.29) is 6.04 Å². The van der Waals surface area contributed by atoms with Crippen LogP contribution in [-0.2, 0) is 0 Å². The third-order valence-electron chi connectivity index (χ3n) is 2.92. The highest BCUT2D eigenvalue weighted by molar-refractivity contribution is 7.99. The fourth-order valence-corrected chi connectivity index (χ4v) is 3.00. The van der Waals surface area contributed by atoms with Crippen LogP contribution in [0.25, 0.3) is 0 Å². The number of hydrogen-bond donors (Lipinski definition) is 1. The number of benzene rings is 1. The van der Waals surface area contributed by atoms with Gasteiger partial charge in [0.25, 0.3) is 0 Å². The Morgan fingerprint density at radius 1 is 1.16 bits per heavy atom. The van der Waals surface area contributed by atoms with Crippen LogP contribution in [-0.4, -0.2) is 9.97 Å². The minimum Gasteiger partial charge on any atom is -0.324 e. The van der Waals surface area contributed by atoms with E-state index in [0.717, 1.165) is 33.4 Å². The Balaban J connectivity index is 2.32. The van der Waals surface area contributed by atoms with Crippen LogP contribution < -0.4 is 5.73 Å². The van der Waals surface area contributed by atoms with Gasteiger partial charge in [0.05, 0.1) is 0 Å². The van der Waals surface area contributed by atoms with Crippen LogP contribution in [0.15, 0.2) is 40.4 Å². The van der Waals surface area contributed by atoms with Gasteiger partial charge in [-0.2, -0.15) is 0 Å². The molecule has 0 radical (unpaired) electrons. The van der Waals surface area contributed by atoms with Crippen molar-refractivity contribution in [2.45, 2.75) is 43.3 Å². The highest BCUT2D eigenvalue weighted by atomic mass is 32.2. The van der Waals surface area contributed by atoms with E-state index in [0.29, 0.717) is 0 Å². The molecule has 0 saturated heterocycles. The summed E-state index contributed by atoms with van der Waals surface area (Å²) >= 11 is 1.58. The van der Waals surface area contributed by atoms with E-state index >= 15 is 0 Å². The van der Waals surface area contributed by atoms with Crippen LogP contribution in [0.1, 0.15) is 36.3 Å². The molecule has 0 amide bonds. The first-order valence-corrected chi connectivity index (χ1v) is 7.26. The number of aryl methyl sites for hydroxylation is 2. The maximum absolute atomic E-state index is 6.15. The number of rotatable bonds is 4. The lowest BCUT2D eigenvalue weighted by atomic mass is 10.1. The van der Waals surface area contributed by atoms with Crippen LogP contribution in [0.3, 0.4) is 0 Å². The molecule has 0 unspecified atom stereocenters. The first-order valence-electron chi connectivity index (χ1n) is 6.44. The van der Waals surface area contributed by atoms with Crippen LogP contribution >= 0.6 is 11.8 Å². The van der Waals surface area contributed by atoms with Crippen molar-refractivity contribution in [1.29, 1.82) is 0 Å². The number of aromatic nitrogens is 2. The van der Waals surface area contributed by atoms with Crippen LogP contribution in [0, 0.1) is 13.8 Å². The molecule has 100 valence electrons. The molecular weight excluding hydrogens is 254 g/mol. The summed E-state index contributed by atoms with van der Waals surface area (Å²) in [6.07, 6.45) is 0.922. The molecule has 1 aromatic carbocycles. The van der Waals surface area contributed by atoms with Crippen molar-refractivity contribution >= 4 is 11.8 Å². The second-order valence-electron chi connectivity index (χ2n) is 4.59. The first kappa shape index (κ1) is 14.0. The molecule has 1 aromatic heterocycles. The van der Waals surface area contributed by atoms with Gasteiger partial charge in [-0.3, -0.25) is 0 Å². The van der Waals surface area contributed by atoms with Crippen LogP contribution in [0.2, 0.25) is 0 Å². The van der Waals surface area contributed by atoms with E-state index in [4.69, 9.17) is 5.73 Å². The zero-order valence-electron chi connectivity index (χ0n) is 11.6. The molecule has 0 saturated carbocycles. The Morgan fingerprint density at radius 3 is 2.42 bits per heavy atom. The molecule has 0 spiro atoms. The van der Waals surface area contributed by atoms with Crippen LogP contribution in [0.4, 0.5) is 0 Å². The lowest BCUT2D eigenvalue weighted by Crippen LogP contribution is -2.09. The largest absolute Gasteiger partial charge is 0.324 e. The van der Waals surface area contributed by atoms with E-state index in [1.165, 1.54) is 0 Å². The van der Waals surface area contributed by atoms with E-state index in [2.05, 4.69) is 29.0 Å². The lowest BCUT2D eigenvalue weighted by molar-refractivity contribution is 0.685. The van der Waals surface area contributed by atoms with Crippen molar-refractivity contribution in [3.63, 3.8) is 0 Å². The Hall–Kier alpha value is -1.39. The topological polar surface area (TPSA) is 51.8 Å². The van der Waals surface area contributed by atoms with Gasteiger partial charge >= 0.3 is 0 Å². The van der Waals surface area contributed by atoms with Crippen molar-refractivity contribution in [1.82, 2.24) is 9.97 Å². The molecule has 1 heterocycles. The minimum absolute atomic E-state index is 0.0645. The summed E-state index contributed by atoms with van der Waals surface area (Å²) in [6, 6.07) is 10.3. The molecule has 19 heavy (non-hydrogen) atoms. The molecule has 0 aliphatic heterocycles. The first-order chi connectivity index (χ1) is 9.10. The summed E-state index contributed by atoms with van der Waals surface area (Å²) in [7, 11) is 0. The molecular formula is C15H19N3S. The summed E-state index contributed by atoms with van der Waals surface area (Å²) in [5.41, 5.74) is 9.30. The van der Waals surface area contributed by atoms with Gasteiger partial charge < -0.3 is 5.73 Å². The Labute approximate surface area is 118 Å². The van der Waals surface area contributed by atoms with Crippen molar-refractivity contribution in [3.8, 4) is 0 Å². The van der Waals surface area contributed by atoms with Gasteiger partial charge in [-0.05, 0) is 49.7 Å². The highest BCUT2D eigenvalue weighted by Gasteiger charge is 2.11. The molecule has 2 rings (SSSR count). The zero-order chi connectivity index (χ0) is 13.8. The highest BCUT2D eigenvalue weighted by Crippen LogP contribution is 2.31. The van der Waals surface area contributed by atoms with Gasteiger partial charge in [-0.1, -0.05) is 25.1 Å². The van der Waals surface area contributed by atoms with Gasteiger partial charge in [0.1, 0.15) is 0 Å². The lowest BCUT2D eigenvalue weighted by Gasteiger charge is -2.14. The molecule has 0 aliphatic rings. The standard InChI is InChI=1S/C15H19N3S/c1-4-13(16)12-7-5-6-8-14(12)19-15-17-10(2)9-11(3)18-15/h5-9,13H,4,16H2,1-3H3/t13-/m1/s1. The summed E-state index contributed by atoms with van der Waals surface area (Å²) < 4.78 is 0. The second-order valence-corrected chi connectivity index (χ2v) is 5.60. The molecule has 0 fully saturated rings. The van der Waals surface area contributed by atoms with Crippen molar-refractivity contribution in [2.24, 2.45) is 5.73 Å². The van der Waals surface area contributed by atoms with E-state index < -0.39 is 0 Å². The number of nitrogens with two attached hydrogens (primary N) is 1. The molecule has 3 nitrogen and oxygen atoms in total. The van der Waals surface area contributed by atoms with Gasteiger partial charge in [-0.25, -0.2) is 9.97 Å². The Morgan fingerprint density at radius 2 is 1.79 bits per heavy atom. The van der Waals surface area contributed by atoms with Gasteiger partial charge in [0.2, 0.25) is 0 Å². The van der Waals surface area contributed by atoms with Gasteiger partial charge in [0, 0.05) is 22.3 Å². The van der Waals surface area contributed by atoms with E-state index in [1.807, 2.05) is 32.0 Å². The summed E-state index contributed by atoms with van der Waals surface area (Å²) in [4.78, 5) is 10.1. The fourth-order valence-electron chi connectivity index (χ4n) is 1.94. The van der Waals surface area contributed by atoms with Gasteiger partial charge in [0.15, 0.2) is 5.16 Å². The summed E-state index contributed by atoms with van der Waals surface area (Å²) in [6.45, 7) is 6.07. The predicted octanol–water partition coefficient (Wildman–Crippen LogP) is 3.65. The third-order valence-corrected chi connectivity index (χ3v) is 3.88. The van der Waals surface area contributed by atoms with Gasteiger partial charge in [-0.15, -0.1) is 0 Å². The molecule has 4 heteroatoms. The molecule has 2 aromatic rings. The Bertz CT molecular complexity index is 549.